The first-order chi connectivity index (χ1) is 10.6. The molecule has 0 saturated carbocycles. The van der Waals surface area contributed by atoms with Gasteiger partial charge in [-0.05, 0) is 35.4 Å². The Kier molecular flexibility index (Phi) is 2.93. The molecule has 1 aromatic carbocycles. The van der Waals surface area contributed by atoms with Gasteiger partial charge in [-0.15, -0.1) is 0 Å². The van der Waals surface area contributed by atoms with Crippen molar-refractivity contribution in [1.29, 1.82) is 0 Å². The highest BCUT2D eigenvalue weighted by molar-refractivity contribution is 5.88. The predicted octanol–water partition coefficient (Wildman–Crippen LogP) is 3.19. The van der Waals surface area contributed by atoms with Crippen LogP contribution >= 0.6 is 0 Å². The van der Waals surface area contributed by atoms with Crippen molar-refractivity contribution in [3.05, 3.63) is 53.9 Å². The van der Waals surface area contributed by atoms with E-state index in [0.29, 0.717) is 0 Å². The summed E-state index contributed by atoms with van der Waals surface area (Å²) in [6.45, 7) is 3.32. The van der Waals surface area contributed by atoms with Crippen LogP contribution in [0, 0.1) is 5.41 Å². The molecule has 22 heavy (non-hydrogen) atoms. The fourth-order valence-electron chi connectivity index (χ4n) is 3.52. The highest BCUT2D eigenvalue weighted by Crippen LogP contribution is 2.37. The number of anilines is 1. The van der Waals surface area contributed by atoms with Crippen LogP contribution < -0.4 is 5.32 Å². The highest BCUT2D eigenvalue weighted by atomic mass is 15.3. The Balaban J connectivity index is 1.55. The van der Waals surface area contributed by atoms with Crippen molar-refractivity contribution in [1.82, 2.24) is 14.8 Å². The molecule has 112 valence electrons. The quantitative estimate of drug-likeness (QED) is 0.806. The number of benzene rings is 1. The van der Waals surface area contributed by atoms with Crippen LogP contribution in [0.25, 0.3) is 11.0 Å². The largest absolute Gasteiger partial charge is 0.384 e. The van der Waals surface area contributed by atoms with Gasteiger partial charge in [-0.3, -0.25) is 4.68 Å². The third-order valence-corrected chi connectivity index (χ3v) is 4.69. The lowest BCUT2D eigenvalue weighted by Gasteiger charge is -2.24. The molecular weight excluding hydrogens is 272 g/mol. The number of aryl methyl sites for hydroxylation is 1. The fraction of sp³-hybridized carbons (Fsp3) is 0.333. The van der Waals surface area contributed by atoms with Crippen molar-refractivity contribution >= 4 is 16.7 Å². The Morgan fingerprint density at radius 2 is 1.91 bits per heavy atom. The molecule has 2 heterocycles. The normalized spacial score (nSPS) is 15.9. The summed E-state index contributed by atoms with van der Waals surface area (Å²) in [5.74, 6) is 0. The molecule has 3 aromatic rings. The van der Waals surface area contributed by atoms with Gasteiger partial charge in [0, 0.05) is 25.5 Å². The van der Waals surface area contributed by atoms with E-state index in [4.69, 9.17) is 0 Å². The molecule has 0 aliphatic heterocycles. The lowest BCUT2D eigenvalue weighted by molar-refractivity contribution is 0.372. The van der Waals surface area contributed by atoms with Crippen molar-refractivity contribution in [3.63, 3.8) is 0 Å². The maximum absolute atomic E-state index is 4.39. The monoisotopic (exact) mass is 292 g/mol. The van der Waals surface area contributed by atoms with Gasteiger partial charge >= 0.3 is 0 Å². The van der Waals surface area contributed by atoms with Crippen molar-refractivity contribution in [2.75, 3.05) is 11.9 Å². The number of hydrogen-bond acceptors (Lipinski definition) is 3. The van der Waals surface area contributed by atoms with Gasteiger partial charge in [0.2, 0.25) is 0 Å². The summed E-state index contributed by atoms with van der Waals surface area (Å²) in [6.07, 6.45) is 6.00. The van der Waals surface area contributed by atoms with Crippen molar-refractivity contribution < 1.29 is 0 Å². The molecule has 0 atom stereocenters. The third kappa shape index (κ3) is 2.15. The second kappa shape index (κ2) is 4.83. The minimum atomic E-state index is 0.265. The van der Waals surface area contributed by atoms with Crippen LogP contribution in [0.4, 0.5) is 5.69 Å². The van der Waals surface area contributed by atoms with E-state index in [0.717, 1.165) is 36.1 Å². The SMILES string of the molecule is Cn1ncc2c(NCC3(C)Cc4ccccc4C3)ccnc21. The topological polar surface area (TPSA) is 42.7 Å². The Hall–Kier alpha value is -2.36. The maximum Gasteiger partial charge on any atom is 0.159 e. The smallest absolute Gasteiger partial charge is 0.159 e. The fourth-order valence-corrected chi connectivity index (χ4v) is 3.52. The van der Waals surface area contributed by atoms with E-state index in [-0.39, 0.29) is 5.41 Å². The third-order valence-electron chi connectivity index (χ3n) is 4.69. The number of rotatable bonds is 3. The Labute approximate surface area is 130 Å². The molecule has 4 rings (SSSR count). The maximum atomic E-state index is 4.39. The Morgan fingerprint density at radius 1 is 1.18 bits per heavy atom. The van der Waals surface area contributed by atoms with Gasteiger partial charge in [0.1, 0.15) is 0 Å². The zero-order valence-electron chi connectivity index (χ0n) is 13.0. The first-order valence-corrected chi connectivity index (χ1v) is 7.72. The molecule has 1 N–H and O–H groups in total. The van der Waals surface area contributed by atoms with E-state index in [1.807, 2.05) is 30.2 Å². The van der Waals surface area contributed by atoms with Gasteiger partial charge in [0.05, 0.1) is 11.6 Å². The molecule has 0 spiro atoms. The average molecular weight is 292 g/mol. The van der Waals surface area contributed by atoms with Crippen LogP contribution in [-0.4, -0.2) is 21.3 Å². The number of fused-ring (bicyclic) bond motifs is 2. The summed E-state index contributed by atoms with van der Waals surface area (Å²) in [6, 6.07) is 10.8. The number of pyridine rings is 1. The van der Waals surface area contributed by atoms with E-state index in [1.54, 1.807) is 0 Å². The summed E-state index contributed by atoms with van der Waals surface area (Å²) < 4.78 is 1.81. The van der Waals surface area contributed by atoms with E-state index < -0.39 is 0 Å². The van der Waals surface area contributed by atoms with Crippen LogP contribution in [-0.2, 0) is 19.9 Å². The zero-order valence-corrected chi connectivity index (χ0v) is 13.0. The Morgan fingerprint density at radius 3 is 2.64 bits per heavy atom. The summed E-state index contributed by atoms with van der Waals surface area (Å²) in [4.78, 5) is 4.39. The Bertz CT molecular complexity index is 809. The van der Waals surface area contributed by atoms with Gasteiger partial charge < -0.3 is 5.32 Å². The molecule has 4 nitrogen and oxygen atoms in total. The molecule has 2 aromatic heterocycles. The number of nitrogens with one attached hydrogen (secondary N) is 1. The number of hydrogen-bond donors (Lipinski definition) is 1. The van der Waals surface area contributed by atoms with Gasteiger partial charge in [0.15, 0.2) is 5.65 Å². The standard InChI is InChI=1S/C18H20N4/c1-18(9-13-5-3-4-6-14(13)10-18)12-20-16-7-8-19-17-15(16)11-21-22(17)2/h3-8,11H,9-10,12H2,1-2H3,(H,19,20). The second-order valence-electron chi connectivity index (χ2n) is 6.65. The van der Waals surface area contributed by atoms with Gasteiger partial charge in [-0.1, -0.05) is 31.2 Å². The minimum absolute atomic E-state index is 0.265. The van der Waals surface area contributed by atoms with Gasteiger partial charge in [-0.25, -0.2) is 4.98 Å². The highest BCUT2D eigenvalue weighted by Gasteiger charge is 2.32. The molecule has 4 heteroatoms. The van der Waals surface area contributed by atoms with Crippen LogP contribution in [0.15, 0.2) is 42.7 Å². The van der Waals surface area contributed by atoms with E-state index in [1.165, 1.54) is 11.1 Å². The molecule has 1 aliphatic rings. The molecule has 0 unspecified atom stereocenters. The number of aromatic nitrogens is 3. The average Bonchev–Trinajstić information content (AvgIpc) is 3.06. The first kappa shape index (κ1) is 13.3. The van der Waals surface area contributed by atoms with Crippen LogP contribution in [0.3, 0.4) is 0 Å². The first-order valence-electron chi connectivity index (χ1n) is 7.72. The van der Waals surface area contributed by atoms with Crippen molar-refractivity contribution in [2.45, 2.75) is 19.8 Å². The molecule has 1 aliphatic carbocycles. The van der Waals surface area contributed by atoms with Gasteiger partial charge in [-0.2, -0.15) is 5.10 Å². The lowest BCUT2D eigenvalue weighted by atomic mass is 9.87. The van der Waals surface area contributed by atoms with E-state index in [2.05, 4.69) is 46.6 Å². The summed E-state index contributed by atoms with van der Waals surface area (Å²) in [5, 5.41) is 9.01. The summed E-state index contributed by atoms with van der Waals surface area (Å²) in [7, 11) is 1.92. The molecule has 0 saturated heterocycles. The second-order valence-corrected chi connectivity index (χ2v) is 6.65. The number of nitrogens with zero attached hydrogens (tertiary/aromatic N) is 3. The predicted molar refractivity (Wildman–Crippen MR) is 89.0 cm³/mol. The van der Waals surface area contributed by atoms with Crippen LogP contribution in [0.5, 0.6) is 0 Å². The molecular formula is C18H20N4. The van der Waals surface area contributed by atoms with Crippen molar-refractivity contribution in [3.8, 4) is 0 Å². The lowest BCUT2D eigenvalue weighted by Crippen LogP contribution is -2.27. The van der Waals surface area contributed by atoms with Crippen LogP contribution in [0.1, 0.15) is 18.1 Å². The van der Waals surface area contributed by atoms with Gasteiger partial charge in [0.25, 0.3) is 0 Å². The summed E-state index contributed by atoms with van der Waals surface area (Å²) in [5.41, 5.74) is 5.29. The minimum Gasteiger partial charge on any atom is -0.384 e. The molecule has 0 bridgehead atoms. The van der Waals surface area contributed by atoms with E-state index in [9.17, 15) is 0 Å². The molecule has 0 radical (unpaired) electrons. The zero-order chi connectivity index (χ0) is 15.2. The summed E-state index contributed by atoms with van der Waals surface area (Å²) >= 11 is 0. The van der Waals surface area contributed by atoms with E-state index >= 15 is 0 Å². The molecule has 0 amide bonds. The van der Waals surface area contributed by atoms with Crippen molar-refractivity contribution in [2.24, 2.45) is 12.5 Å². The van der Waals surface area contributed by atoms with Crippen LogP contribution in [0.2, 0.25) is 0 Å². The molecule has 0 fully saturated rings.